The Balaban J connectivity index is 2.21. The van der Waals surface area contributed by atoms with E-state index < -0.39 is 0 Å². The minimum absolute atomic E-state index is 0.154. The largest absolute Gasteiger partial charge is 0.459 e. The van der Waals surface area contributed by atoms with Crippen LogP contribution in [0.3, 0.4) is 0 Å². The van der Waals surface area contributed by atoms with Crippen LogP contribution < -0.4 is 0 Å². The first-order valence-corrected chi connectivity index (χ1v) is 9.56. The summed E-state index contributed by atoms with van der Waals surface area (Å²) in [6.45, 7) is 8.89. The van der Waals surface area contributed by atoms with E-state index in [9.17, 15) is 4.79 Å². The first-order chi connectivity index (χ1) is 11.0. The third-order valence-electron chi connectivity index (χ3n) is 4.94. The summed E-state index contributed by atoms with van der Waals surface area (Å²) in [5.41, 5.74) is 0.986. The first kappa shape index (κ1) is 20.0. The number of rotatable bonds is 10. The minimum atomic E-state index is -0.180. The second-order valence-electron chi connectivity index (χ2n) is 7.42. The van der Waals surface area contributed by atoms with Crippen molar-refractivity contribution in [3.8, 4) is 0 Å². The quantitative estimate of drug-likeness (QED) is 0.271. The minimum Gasteiger partial charge on any atom is -0.459 e. The van der Waals surface area contributed by atoms with Gasteiger partial charge in [-0.25, -0.2) is 4.79 Å². The molecule has 2 heteroatoms. The van der Waals surface area contributed by atoms with Crippen LogP contribution in [-0.4, -0.2) is 12.1 Å². The standard InChI is InChI=1S/C21H36O2/c1-5-17(2)10-8-11-18(3)12-9-13-19(4)16-21(22)23-20-14-6-7-15-20/h9,13,16-18,20H,5-8,10-12,14-15H2,1-4H3/b13-9+,19-16+. The molecule has 0 aliphatic heterocycles. The highest BCUT2D eigenvalue weighted by molar-refractivity contribution is 5.83. The number of esters is 1. The van der Waals surface area contributed by atoms with Gasteiger partial charge in [0.25, 0.3) is 0 Å². The van der Waals surface area contributed by atoms with Gasteiger partial charge in [0, 0.05) is 6.08 Å². The van der Waals surface area contributed by atoms with Crippen molar-refractivity contribution in [2.24, 2.45) is 11.8 Å². The molecule has 1 aliphatic carbocycles. The lowest BCUT2D eigenvalue weighted by Crippen LogP contribution is -2.12. The van der Waals surface area contributed by atoms with Gasteiger partial charge >= 0.3 is 5.97 Å². The van der Waals surface area contributed by atoms with E-state index in [4.69, 9.17) is 4.74 Å². The summed E-state index contributed by atoms with van der Waals surface area (Å²) in [6, 6.07) is 0. The van der Waals surface area contributed by atoms with Gasteiger partial charge in [0.1, 0.15) is 6.10 Å². The molecule has 0 bridgehead atoms. The van der Waals surface area contributed by atoms with E-state index in [1.165, 1.54) is 38.5 Å². The molecule has 0 heterocycles. The highest BCUT2D eigenvalue weighted by Crippen LogP contribution is 2.21. The predicted octanol–water partition coefficient (Wildman–Crippen LogP) is 6.22. The zero-order valence-electron chi connectivity index (χ0n) is 15.6. The van der Waals surface area contributed by atoms with Crippen molar-refractivity contribution in [2.45, 2.75) is 91.6 Å². The molecule has 1 saturated carbocycles. The van der Waals surface area contributed by atoms with Crippen molar-refractivity contribution in [3.63, 3.8) is 0 Å². The SMILES string of the molecule is CCC(C)CCCC(C)C/C=C/C(C)=C/C(=O)OC1CCCC1. The average molecular weight is 321 g/mol. The van der Waals surface area contributed by atoms with Crippen LogP contribution in [0.1, 0.15) is 85.5 Å². The van der Waals surface area contributed by atoms with Crippen molar-refractivity contribution in [1.82, 2.24) is 0 Å². The van der Waals surface area contributed by atoms with Crippen molar-refractivity contribution in [3.05, 3.63) is 23.8 Å². The van der Waals surface area contributed by atoms with E-state index in [-0.39, 0.29) is 12.1 Å². The number of ether oxygens (including phenoxy) is 1. The van der Waals surface area contributed by atoms with Gasteiger partial charge in [0.05, 0.1) is 0 Å². The molecule has 0 radical (unpaired) electrons. The number of hydrogen-bond donors (Lipinski definition) is 0. The smallest absolute Gasteiger partial charge is 0.331 e. The monoisotopic (exact) mass is 320 g/mol. The van der Waals surface area contributed by atoms with Gasteiger partial charge in [-0.1, -0.05) is 58.6 Å². The van der Waals surface area contributed by atoms with Crippen molar-refractivity contribution in [2.75, 3.05) is 0 Å². The van der Waals surface area contributed by atoms with Crippen LogP contribution in [0.2, 0.25) is 0 Å². The van der Waals surface area contributed by atoms with Gasteiger partial charge in [-0.2, -0.15) is 0 Å². The topological polar surface area (TPSA) is 26.3 Å². The van der Waals surface area contributed by atoms with Gasteiger partial charge < -0.3 is 4.74 Å². The molecule has 0 saturated heterocycles. The molecule has 1 aliphatic rings. The van der Waals surface area contributed by atoms with E-state index in [0.29, 0.717) is 5.92 Å². The van der Waals surface area contributed by atoms with Gasteiger partial charge in [-0.15, -0.1) is 0 Å². The highest BCUT2D eigenvalue weighted by Gasteiger charge is 2.17. The number of carbonyl (C=O) groups is 1. The molecule has 132 valence electrons. The lowest BCUT2D eigenvalue weighted by atomic mass is 9.95. The Kier molecular flexibility index (Phi) is 9.98. The summed E-state index contributed by atoms with van der Waals surface area (Å²) in [4.78, 5) is 11.8. The van der Waals surface area contributed by atoms with Crippen molar-refractivity contribution in [1.29, 1.82) is 0 Å². The summed E-state index contributed by atoms with van der Waals surface area (Å²) < 4.78 is 5.45. The Morgan fingerprint density at radius 3 is 2.48 bits per heavy atom. The zero-order valence-corrected chi connectivity index (χ0v) is 15.6. The van der Waals surface area contributed by atoms with Crippen LogP contribution in [0.15, 0.2) is 23.8 Å². The first-order valence-electron chi connectivity index (χ1n) is 9.56. The van der Waals surface area contributed by atoms with E-state index >= 15 is 0 Å². The molecule has 1 rings (SSSR count). The third-order valence-corrected chi connectivity index (χ3v) is 4.94. The third kappa shape index (κ3) is 9.63. The fourth-order valence-corrected chi connectivity index (χ4v) is 3.06. The summed E-state index contributed by atoms with van der Waals surface area (Å²) in [5, 5.41) is 0. The van der Waals surface area contributed by atoms with Crippen LogP contribution >= 0.6 is 0 Å². The maximum Gasteiger partial charge on any atom is 0.331 e. The molecule has 2 unspecified atom stereocenters. The van der Waals surface area contributed by atoms with Gasteiger partial charge in [-0.3, -0.25) is 0 Å². The van der Waals surface area contributed by atoms with Gasteiger partial charge in [0.15, 0.2) is 0 Å². The maximum absolute atomic E-state index is 11.8. The summed E-state index contributed by atoms with van der Waals surface area (Å²) in [7, 11) is 0. The van der Waals surface area contributed by atoms with Crippen molar-refractivity contribution < 1.29 is 9.53 Å². The molecule has 0 aromatic carbocycles. The van der Waals surface area contributed by atoms with Crippen LogP contribution in [0.25, 0.3) is 0 Å². The molecule has 0 N–H and O–H groups in total. The van der Waals surface area contributed by atoms with Crippen LogP contribution in [0.4, 0.5) is 0 Å². The predicted molar refractivity (Wildman–Crippen MR) is 98.3 cm³/mol. The summed E-state index contributed by atoms with van der Waals surface area (Å²) >= 11 is 0. The Bertz CT molecular complexity index is 389. The molecule has 23 heavy (non-hydrogen) atoms. The lowest BCUT2D eigenvalue weighted by Gasteiger charge is -2.11. The second-order valence-corrected chi connectivity index (χ2v) is 7.42. The normalized spacial score (nSPS) is 19.2. The number of hydrogen-bond acceptors (Lipinski definition) is 2. The molecule has 2 nitrogen and oxygen atoms in total. The van der Waals surface area contributed by atoms with Crippen LogP contribution in [0, 0.1) is 11.8 Å². The Labute approximate surface area is 143 Å². The fourth-order valence-electron chi connectivity index (χ4n) is 3.06. The Morgan fingerprint density at radius 2 is 1.83 bits per heavy atom. The Morgan fingerprint density at radius 1 is 1.17 bits per heavy atom. The number of allylic oxidation sites excluding steroid dienone is 3. The zero-order chi connectivity index (χ0) is 17.1. The second kappa shape index (κ2) is 11.5. The van der Waals surface area contributed by atoms with E-state index in [1.807, 2.05) is 6.92 Å². The fraction of sp³-hybridized carbons (Fsp3) is 0.762. The van der Waals surface area contributed by atoms with Gasteiger partial charge in [-0.05, 0) is 56.4 Å². The van der Waals surface area contributed by atoms with Crippen LogP contribution in [-0.2, 0) is 9.53 Å². The Hall–Kier alpha value is -1.05. The van der Waals surface area contributed by atoms with E-state index in [0.717, 1.165) is 30.8 Å². The molecular formula is C21H36O2. The molecule has 2 atom stereocenters. The van der Waals surface area contributed by atoms with E-state index in [2.05, 4.69) is 32.9 Å². The molecule has 0 aromatic heterocycles. The molecule has 0 amide bonds. The number of carbonyl (C=O) groups excluding carboxylic acids is 1. The van der Waals surface area contributed by atoms with Gasteiger partial charge in [0.2, 0.25) is 0 Å². The van der Waals surface area contributed by atoms with E-state index in [1.54, 1.807) is 6.08 Å². The summed E-state index contributed by atoms with van der Waals surface area (Å²) in [6.07, 6.45) is 16.8. The molecule has 0 aromatic rings. The summed E-state index contributed by atoms with van der Waals surface area (Å²) in [5.74, 6) is 1.39. The van der Waals surface area contributed by atoms with Crippen LogP contribution in [0.5, 0.6) is 0 Å². The molecule has 1 fully saturated rings. The lowest BCUT2D eigenvalue weighted by molar-refractivity contribution is -0.142. The maximum atomic E-state index is 11.8. The molecular weight excluding hydrogens is 284 g/mol. The van der Waals surface area contributed by atoms with Crippen molar-refractivity contribution >= 4 is 5.97 Å². The highest BCUT2D eigenvalue weighted by atomic mass is 16.5. The molecule has 0 spiro atoms. The average Bonchev–Trinajstić information content (AvgIpc) is 2.99.